The fourth-order valence-electron chi connectivity index (χ4n) is 2.34. The first-order valence-electron chi connectivity index (χ1n) is 7.81. The maximum absolute atomic E-state index is 12.2. The molecule has 8 heteroatoms. The Bertz CT molecular complexity index is 1050. The van der Waals surface area contributed by atoms with Gasteiger partial charge in [0.2, 0.25) is 0 Å². The largest absolute Gasteiger partial charge is 0.493 e. The second-order valence-electron chi connectivity index (χ2n) is 5.35. The van der Waals surface area contributed by atoms with Gasteiger partial charge in [-0.1, -0.05) is 15.9 Å². The third-order valence-corrected chi connectivity index (χ3v) is 4.06. The maximum Gasteiger partial charge on any atom is 0.307 e. The number of nitriles is 1. The zero-order valence-electron chi connectivity index (χ0n) is 14.2. The van der Waals surface area contributed by atoms with Gasteiger partial charge in [0, 0.05) is 9.86 Å². The highest BCUT2D eigenvalue weighted by molar-refractivity contribution is 9.10. The van der Waals surface area contributed by atoms with E-state index in [-0.39, 0.29) is 12.4 Å². The molecule has 0 atom stereocenters. The number of ether oxygens (including phenoxy) is 2. The molecule has 3 rings (SSSR count). The van der Waals surface area contributed by atoms with Crippen LogP contribution in [0.15, 0.2) is 56.5 Å². The van der Waals surface area contributed by atoms with Crippen LogP contribution in [0.25, 0.3) is 11.0 Å². The van der Waals surface area contributed by atoms with Crippen LogP contribution in [0.3, 0.4) is 0 Å². The summed E-state index contributed by atoms with van der Waals surface area (Å²) in [5.41, 5.74) is 3.72. The minimum atomic E-state index is -0.459. The van der Waals surface area contributed by atoms with Crippen LogP contribution in [0.5, 0.6) is 11.5 Å². The Hall–Kier alpha value is -3.31. The number of nitrogens with one attached hydrogen (secondary N) is 1. The van der Waals surface area contributed by atoms with Crippen LogP contribution >= 0.6 is 15.9 Å². The number of hydrazone groups is 1. The van der Waals surface area contributed by atoms with Gasteiger partial charge in [0.25, 0.3) is 0 Å². The highest BCUT2D eigenvalue weighted by Gasteiger charge is 2.11. The van der Waals surface area contributed by atoms with Gasteiger partial charge >= 0.3 is 5.91 Å². The molecular formula is C19H14BrN3O4. The molecule has 0 bridgehead atoms. The highest BCUT2D eigenvalue weighted by Crippen LogP contribution is 2.27. The van der Waals surface area contributed by atoms with Crippen LogP contribution in [-0.4, -0.2) is 25.8 Å². The van der Waals surface area contributed by atoms with E-state index in [0.29, 0.717) is 22.6 Å². The quantitative estimate of drug-likeness (QED) is 0.475. The van der Waals surface area contributed by atoms with E-state index in [1.54, 1.807) is 30.3 Å². The molecule has 0 aliphatic carbocycles. The predicted octanol–water partition coefficient (Wildman–Crippen LogP) is 3.87. The number of benzene rings is 2. The number of hydrogen-bond donors (Lipinski definition) is 1. The molecule has 0 radical (unpaired) electrons. The van der Waals surface area contributed by atoms with Gasteiger partial charge in [-0.15, -0.1) is 0 Å². The molecule has 3 aromatic rings. The number of nitrogens with zero attached hydrogens (tertiary/aromatic N) is 2. The normalized spacial score (nSPS) is 10.7. The first-order valence-corrected chi connectivity index (χ1v) is 8.60. The van der Waals surface area contributed by atoms with Crippen LogP contribution in [0, 0.1) is 11.3 Å². The van der Waals surface area contributed by atoms with E-state index in [9.17, 15) is 4.79 Å². The van der Waals surface area contributed by atoms with Crippen molar-refractivity contribution in [3.8, 4) is 17.6 Å². The molecule has 0 aliphatic heterocycles. The van der Waals surface area contributed by atoms with E-state index < -0.39 is 5.91 Å². The van der Waals surface area contributed by atoms with Crippen LogP contribution in [0.1, 0.15) is 16.1 Å². The highest BCUT2D eigenvalue weighted by atomic mass is 79.9. The Morgan fingerprint density at radius 3 is 2.93 bits per heavy atom. The van der Waals surface area contributed by atoms with Gasteiger partial charge in [0.15, 0.2) is 23.9 Å². The molecular weight excluding hydrogens is 414 g/mol. The lowest BCUT2D eigenvalue weighted by Gasteiger charge is -2.08. The fourth-order valence-corrected chi connectivity index (χ4v) is 2.72. The fraction of sp³-hybridized carbons (Fsp3) is 0.105. The number of halogens is 1. The van der Waals surface area contributed by atoms with E-state index in [2.05, 4.69) is 26.5 Å². The van der Waals surface area contributed by atoms with Gasteiger partial charge in [-0.3, -0.25) is 4.79 Å². The molecule has 2 aromatic carbocycles. The lowest BCUT2D eigenvalue weighted by atomic mass is 10.2. The molecule has 1 amide bonds. The average molecular weight is 428 g/mol. The third-order valence-electron chi connectivity index (χ3n) is 3.56. The molecule has 0 fully saturated rings. The van der Waals surface area contributed by atoms with Crippen molar-refractivity contribution in [1.82, 2.24) is 5.43 Å². The van der Waals surface area contributed by atoms with E-state index in [4.69, 9.17) is 19.2 Å². The number of rotatable bonds is 6. The number of carbonyl (C=O) groups is 1. The van der Waals surface area contributed by atoms with Crippen molar-refractivity contribution in [3.63, 3.8) is 0 Å². The SMILES string of the molecule is COc1cc(/C=N/NC(=O)c2cc3cc(Br)ccc3o2)ccc1OCC#N. The molecule has 27 heavy (non-hydrogen) atoms. The summed E-state index contributed by atoms with van der Waals surface area (Å²) in [6, 6.07) is 14.1. The first kappa shape index (κ1) is 18.5. The summed E-state index contributed by atoms with van der Waals surface area (Å²) in [6.07, 6.45) is 1.47. The summed E-state index contributed by atoms with van der Waals surface area (Å²) in [6.45, 7) is -0.0755. The van der Waals surface area contributed by atoms with Gasteiger partial charge in [-0.2, -0.15) is 10.4 Å². The minimum Gasteiger partial charge on any atom is -0.493 e. The monoisotopic (exact) mass is 427 g/mol. The maximum atomic E-state index is 12.2. The molecule has 7 nitrogen and oxygen atoms in total. The second-order valence-corrected chi connectivity index (χ2v) is 6.26. The zero-order chi connectivity index (χ0) is 19.2. The average Bonchev–Trinajstić information content (AvgIpc) is 3.10. The van der Waals surface area contributed by atoms with E-state index in [1.807, 2.05) is 18.2 Å². The number of hydrogen-bond acceptors (Lipinski definition) is 6. The molecule has 1 aromatic heterocycles. The molecule has 136 valence electrons. The summed E-state index contributed by atoms with van der Waals surface area (Å²) in [4.78, 5) is 12.2. The van der Waals surface area contributed by atoms with Gasteiger partial charge in [0.1, 0.15) is 11.7 Å². The molecule has 0 spiro atoms. The van der Waals surface area contributed by atoms with Crippen molar-refractivity contribution in [2.45, 2.75) is 0 Å². The van der Waals surface area contributed by atoms with Crippen molar-refractivity contribution in [2.75, 3.05) is 13.7 Å². The molecule has 0 aliphatic rings. The van der Waals surface area contributed by atoms with Crippen molar-refractivity contribution in [3.05, 3.63) is 58.3 Å². The van der Waals surface area contributed by atoms with Gasteiger partial charge in [0.05, 0.1) is 13.3 Å². The number of amides is 1. The molecule has 0 saturated carbocycles. The summed E-state index contributed by atoms with van der Waals surface area (Å²) in [5.74, 6) is 0.620. The van der Waals surface area contributed by atoms with Crippen LogP contribution in [0.2, 0.25) is 0 Å². The van der Waals surface area contributed by atoms with Crippen LogP contribution in [0.4, 0.5) is 0 Å². The lowest BCUT2D eigenvalue weighted by Crippen LogP contribution is -2.16. The standard InChI is InChI=1S/C19H14BrN3O4/c1-25-17-8-12(2-4-16(17)26-7-6-21)11-22-23-19(24)18-10-13-9-14(20)3-5-15(13)27-18/h2-5,8-11H,7H2,1H3,(H,23,24)/b22-11+. The lowest BCUT2D eigenvalue weighted by molar-refractivity contribution is 0.0929. The molecule has 1 heterocycles. The summed E-state index contributed by atoms with van der Waals surface area (Å²) in [7, 11) is 1.50. The number of carbonyl (C=O) groups excluding carboxylic acids is 1. The van der Waals surface area contributed by atoms with Crippen molar-refractivity contribution in [1.29, 1.82) is 5.26 Å². The Morgan fingerprint density at radius 1 is 1.30 bits per heavy atom. The Morgan fingerprint density at radius 2 is 2.15 bits per heavy atom. The molecule has 0 saturated heterocycles. The predicted molar refractivity (Wildman–Crippen MR) is 103 cm³/mol. The summed E-state index contributed by atoms with van der Waals surface area (Å²) < 4.78 is 16.9. The first-order chi connectivity index (χ1) is 13.1. The second kappa shape index (κ2) is 8.38. The number of fused-ring (bicyclic) bond motifs is 1. The van der Waals surface area contributed by atoms with E-state index in [1.165, 1.54) is 13.3 Å². The third kappa shape index (κ3) is 4.46. The van der Waals surface area contributed by atoms with Crippen molar-refractivity contribution < 1.29 is 18.7 Å². The minimum absolute atomic E-state index is 0.0755. The summed E-state index contributed by atoms with van der Waals surface area (Å²) >= 11 is 3.38. The number of methoxy groups -OCH3 is 1. The Kier molecular flexibility index (Phi) is 5.74. The smallest absolute Gasteiger partial charge is 0.307 e. The van der Waals surface area contributed by atoms with Gasteiger partial charge in [-0.05, 0) is 48.0 Å². The molecule has 1 N–H and O–H groups in total. The topological polar surface area (TPSA) is 96.8 Å². The van der Waals surface area contributed by atoms with E-state index in [0.717, 1.165) is 9.86 Å². The molecule has 0 unspecified atom stereocenters. The van der Waals surface area contributed by atoms with E-state index >= 15 is 0 Å². The van der Waals surface area contributed by atoms with Crippen molar-refractivity contribution >= 4 is 39.0 Å². The van der Waals surface area contributed by atoms with Gasteiger partial charge < -0.3 is 13.9 Å². The summed E-state index contributed by atoms with van der Waals surface area (Å²) in [5, 5.41) is 13.3. The van der Waals surface area contributed by atoms with Gasteiger partial charge in [-0.25, -0.2) is 5.43 Å². The van der Waals surface area contributed by atoms with Crippen LogP contribution in [-0.2, 0) is 0 Å². The Balaban J connectivity index is 1.68. The number of furan rings is 1. The van der Waals surface area contributed by atoms with Crippen LogP contribution < -0.4 is 14.9 Å². The van der Waals surface area contributed by atoms with Crippen molar-refractivity contribution in [2.24, 2.45) is 5.10 Å². The Labute approximate surface area is 163 Å². The zero-order valence-corrected chi connectivity index (χ0v) is 15.8.